The molecule has 0 saturated carbocycles. The molecule has 0 N–H and O–H groups in total. The molecular weight excluding hydrogens is 184 g/mol. The molecule has 0 fully saturated rings. The van der Waals surface area contributed by atoms with E-state index in [1.54, 1.807) is 0 Å². The Labute approximate surface area is 85.4 Å². The predicted molar refractivity (Wildman–Crippen MR) is 56.9 cm³/mol. The molecule has 1 nitrogen and oxygen atoms in total. The van der Waals surface area contributed by atoms with E-state index in [0.29, 0.717) is 0 Å². The third-order valence-corrected chi connectivity index (χ3v) is 2.42. The molecule has 74 valence electrons. The molecule has 0 aliphatic heterocycles. The predicted octanol–water partition coefficient (Wildman–Crippen LogP) is 3.64. The largest absolute Gasteiger partial charge is 0.371 e. The van der Waals surface area contributed by atoms with Gasteiger partial charge in [0.1, 0.15) is 0 Å². The molecule has 1 aliphatic rings. The zero-order valence-electron chi connectivity index (χ0n) is 8.51. The highest BCUT2D eigenvalue weighted by molar-refractivity contribution is 6.32. The summed E-state index contributed by atoms with van der Waals surface area (Å²) in [6.07, 6.45) is 6.74. The highest BCUT2D eigenvalue weighted by Crippen LogP contribution is 2.26. The maximum absolute atomic E-state index is 6.07. The van der Waals surface area contributed by atoms with Gasteiger partial charge in [-0.05, 0) is 39.2 Å². The topological polar surface area (TPSA) is 9.23 Å². The van der Waals surface area contributed by atoms with Crippen LogP contribution in [0.25, 0.3) is 0 Å². The summed E-state index contributed by atoms with van der Waals surface area (Å²) in [6.45, 7) is 6.13. The van der Waals surface area contributed by atoms with Crippen molar-refractivity contribution in [1.29, 1.82) is 0 Å². The van der Waals surface area contributed by atoms with E-state index in [4.69, 9.17) is 16.3 Å². The third kappa shape index (κ3) is 3.17. The lowest BCUT2D eigenvalue weighted by Crippen LogP contribution is -2.17. The summed E-state index contributed by atoms with van der Waals surface area (Å²) in [5.74, 6) is 0. The maximum atomic E-state index is 6.07. The average Bonchev–Trinajstić information content (AvgIpc) is 2.03. The van der Waals surface area contributed by atoms with Crippen LogP contribution in [-0.2, 0) is 4.74 Å². The molecule has 0 bridgehead atoms. The van der Waals surface area contributed by atoms with Gasteiger partial charge >= 0.3 is 0 Å². The summed E-state index contributed by atoms with van der Waals surface area (Å²) in [7, 11) is 0. The van der Waals surface area contributed by atoms with Crippen LogP contribution >= 0.6 is 11.6 Å². The van der Waals surface area contributed by atoms with Crippen LogP contribution in [0.15, 0.2) is 22.8 Å². The van der Waals surface area contributed by atoms with Crippen molar-refractivity contribution in [3.8, 4) is 0 Å². The van der Waals surface area contributed by atoms with Crippen LogP contribution in [-0.4, -0.2) is 12.2 Å². The van der Waals surface area contributed by atoms with Crippen molar-refractivity contribution < 1.29 is 4.74 Å². The minimum absolute atomic E-state index is 0.115. The number of allylic oxidation sites excluding steroid dienone is 2. The van der Waals surface area contributed by atoms with Gasteiger partial charge in [-0.2, -0.15) is 0 Å². The van der Waals surface area contributed by atoms with Crippen LogP contribution < -0.4 is 0 Å². The van der Waals surface area contributed by atoms with Crippen molar-refractivity contribution in [2.45, 2.75) is 45.8 Å². The Balaban J connectivity index is 2.60. The Kier molecular flexibility index (Phi) is 4.01. The minimum Gasteiger partial charge on any atom is -0.371 e. The Bertz CT molecular complexity index is 228. The summed E-state index contributed by atoms with van der Waals surface area (Å²) < 4.78 is 5.67. The first-order chi connectivity index (χ1) is 6.11. The summed E-state index contributed by atoms with van der Waals surface area (Å²) in [4.78, 5) is 0. The van der Waals surface area contributed by atoms with Gasteiger partial charge in [0.05, 0.1) is 12.2 Å². The van der Waals surface area contributed by atoms with E-state index < -0.39 is 0 Å². The molecule has 0 heterocycles. The third-order valence-electron chi connectivity index (χ3n) is 2.04. The molecule has 0 aromatic rings. The lowest BCUT2D eigenvalue weighted by molar-refractivity contribution is 0.0409. The van der Waals surface area contributed by atoms with E-state index in [1.807, 2.05) is 20.8 Å². The Morgan fingerprint density at radius 1 is 1.23 bits per heavy atom. The summed E-state index contributed by atoms with van der Waals surface area (Å²) >= 11 is 6.07. The molecule has 0 aromatic carbocycles. The van der Waals surface area contributed by atoms with Crippen LogP contribution in [0.4, 0.5) is 0 Å². The van der Waals surface area contributed by atoms with Gasteiger partial charge in [-0.25, -0.2) is 0 Å². The first kappa shape index (κ1) is 10.8. The van der Waals surface area contributed by atoms with Crippen molar-refractivity contribution in [1.82, 2.24) is 0 Å². The molecule has 1 aliphatic carbocycles. The first-order valence-corrected chi connectivity index (χ1v) is 5.20. The van der Waals surface area contributed by atoms with Crippen molar-refractivity contribution in [2.24, 2.45) is 0 Å². The smallest absolute Gasteiger partial charge is 0.0811 e. The molecule has 1 atom stereocenters. The lowest BCUT2D eigenvalue weighted by atomic mass is 10.0. The molecule has 0 radical (unpaired) electrons. The number of halogens is 1. The number of ether oxygens (including phenoxy) is 1. The van der Waals surface area contributed by atoms with Gasteiger partial charge in [0.15, 0.2) is 0 Å². The fourth-order valence-electron chi connectivity index (χ4n) is 1.51. The molecule has 1 rings (SSSR count). The second-order valence-corrected chi connectivity index (χ2v) is 4.02. The maximum Gasteiger partial charge on any atom is 0.0811 e. The number of hydrogen-bond acceptors (Lipinski definition) is 1. The molecule has 0 saturated heterocycles. The van der Waals surface area contributed by atoms with Gasteiger partial charge in [-0.1, -0.05) is 23.8 Å². The second-order valence-electron chi connectivity index (χ2n) is 3.62. The Morgan fingerprint density at radius 3 is 2.38 bits per heavy atom. The van der Waals surface area contributed by atoms with Crippen LogP contribution in [0.2, 0.25) is 0 Å². The molecule has 1 unspecified atom stereocenters. The van der Waals surface area contributed by atoms with E-state index >= 15 is 0 Å². The van der Waals surface area contributed by atoms with Gasteiger partial charge in [0.2, 0.25) is 0 Å². The fraction of sp³-hybridized carbons (Fsp3) is 0.636. The average molecular weight is 201 g/mol. The van der Waals surface area contributed by atoms with Gasteiger partial charge in [-0.15, -0.1) is 0 Å². The molecule has 0 aromatic heterocycles. The van der Waals surface area contributed by atoms with Crippen LogP contribution in [0.3, 0.4) is 0 Å². The van der Waals surface area contributed by atoms with E-state index in [9.17, 15) is 0 Å². The van der Waals surface area contributed by atoms with Crippen molar-refractivity contribution in [3.63, 3.8) is 0 Å². The summed E-state index contributed by atoms with van der Waals surface area (Å²) in [5, 5.41) is 0.861. The van der Waals surface area contributed by atoms with E-state index in [0.717, 1.165) is 23.4 Å². The van der Waals surface area contributed by atoms with Crippen LogP contribution in [0, 0.1) is 0 Å². The van der Waals surface area contributed by atoms with Crippen LogP contribution in [0.1, 0.15) is 33.6 Å². The Morgan fingerprint density at radius 2 is 1.85 bits per heavy atom. The fourth-order valence-corrected chi connectivity index (χ4v) is 1.85. The normalized spacial score (nSPS) is 19.8. The summed E-state index contributed by atoms with van der Waals surface area (Å²) in [6, 6.07) is 0. The molecule has 2 heteroatoms. The monoisotopic (exact) mass is 200 g/mol. The molecule has 0 amide bonds. The second kappa shape index (κ2) is 4.83. The molecule has 13 heavy (non-hydrogen) atoms. The summed E-state index contributed by atoms with van der Waals surface area (Å²) in [5.41, 5.74) is 1.14. The highest BCUT2D eigenvalue weighted by atomic mass is 35.5. The van der Waals surface area contributed by atoms with Gasteiger partial charge in [0, 0.05) is 5.03 Å². The van der Waals surface area contributed by atoms with E-state index in [2.05, 4.69) is 12.2 Å². The van der Waals surface area contributed by atoms with Crippen molar-refractivity contribution in [2.75, 3.05) is 0 Å². The highest BCUT2D eigenvalue weighted by Gasteiger charge is 2.15. The zero-order valence-corrected chi connectivity index (χ0v) is 9.27. The number of hydrogen-bond donors (Lipinski definition) is 0. The number of rotatable bonds is 3. The standard InChI is InChI=1S/C11H17ClO/c1-8(2)13-9(3)10-6-4-5-7-11(10)12/h6-9H,4-5H2,1-3H3. The van der Waals surface area contributed by atoms with Crippen LogP contribution in [0.5, 0.6) is 0 Å². The van der Waals surface area contributed by atoms with Crippen molar-refractivity contribution in [3.05, 3.63) is 22.8 Å². The SMILES string of the molecule is CC(C)OC(C)C1=CCCC=C1Cl. The Hall–Kier alpha value is -0.270. The zero-order chi connectivity index (χ0) is 9.84. The van der Waals surface area contributed by atoms with Gasteiger partial charge < -0.3 is 4.74 Å². The molecular formula is C11H17ClO. The first-order valence-electron chi connectivity index (χ1n) is 4.82. The van der Waals surface area contributed by atoms with E-state index in [1.165, 1.54) is 0 Å². The van der Waals surface area contributed by atoms with Gasteiger partial charge in [-0.3, -0.25) is 0 Å². The minimum atomic E-state index is 0.115. The molecule has 0 spiro atoms. The van der Waals surface area contributed by atoms with Gasteiger partial charge in [0.25, 0.3) is 0 Å². The van der Waals surface area contributed by atoms with Crippen molar-refractivity contribution >= 4 is 11.6 Å². The quantitative estimate of drug-likeness (QED) is 0.676. The lowest BCUT2D eigenvalue weighted by Gasteiger charge is -2.21. The van der Waals surface area contributed by atoms with E-state index in [-0.39, 0.29) is 12.2 Å².